The Morgan fingerprint density at radius 1 is 1.17 bits per heavy atom. The van der Waals surface area contributed by atoms with Crippen LogP contribution in [0.2, 0.25) is 0 Å². The maximum absolute atomic E-state index is 13.1. The van der Waals surface area contributed by atoms with Crippen molar-refractivity contribution >= 4 is 17.5 Å². The van der Waals surface area contributed by atoms with Gasteiger partial charge in [-0.25, -0.2) is 0 Å². The summed E-state index contributed by atoms with van der Waals surface area (Å²) in [6, 6.07) is 8.72. The molecule has 2 saturated heterocycles. The number of amides is 2. The third-order valence-corrected chi connectivity index (χ3v) is 7.04. The highest BCUT2D eigenvalue weighted by Gasteiger charge is 2.39. The van der Waals surface area contributed by atoms with E-state index < -0.39 is 0 Å². The molecule has 0 bridgehead atoms. The highest BCUT2D eigenvalue weighted by Crippen LogP contribution is 2.34. The van der Waals surface area contributed by atoms with E-state index in [2.05, 4.69) is 25.2 Å². The van der Waals surface area contributed by atoms with Gasteiger partial charge in [0, 0.05) is 37.8 Å². The Morgan fingerprint density at radius 2 is 1.90 bits per heavy atom. The lowest BCUT2D eigenvalue weighted by Gasteiger charge is -2.34. The molecule has 1 N–H and O–H groups in total. The Labute approximate surface area is 174 Å². The Balaban J connectivity index is 1.35. The van der Waals surface area contributed by atoms with E-state index in [0.29, 0.717) is 24.9 Å². The minimum Gasteiger partial charge on any atom is -0.342 e. The van der Waals surface area contributed by atoms with Crippen molar-refractivity contribution in [1.82, 2.24) is 10.2 Å². The first-order chi connectivity index (χ1) is 14.1. The van der Waals surface area contributed by atoms with Crippen LogP contribution in [0, 0.1) is 11.8 Å². The number of likely N-dealkylation sites (tertiary alicyclic amines) is 1. The number of nitrogens with one attached hydrogen (secondary N) is 1. The molecule has 2 heterocycles. The molecule has 4 rings (SSSR count). The summed E-state index contributed by atoms with van der Waals surface area (Å²) < 4.78 is 0. The van der Waals surface area contributed by atoms with Gasteiger partial charge in [-0.1, -0.05) is 32.0 Å². The number of rotatable bonds is 7. The summed E-state index contributed by atoms with van der Waals surface area (Å²) in [6.07, 6.45) is 6.17. The summed E-state index contributed by atoms with van der Waals surface area (Å²) in [5.41, 5.74) is 2.20. The zero-order valence-electron chi connectivity index (χ0n) is 17.9. The molecule has 0 spiro atoms. The molecular formula is C24H35N3O2. The lowest BCUT2D eigenvalue weighted by molar-refractivity contribution is -0.136. The summed E-state index contributed by atoms with van der Waals surface area (Å²) >= 11 is 0. The normalized spacial score (nSPS) is 24.2. The van der Waals surface area contributed by atoms with E-state index in [0.717, 1.165) is 50.5 Å². The van der Waals surface area contributed by atoms with Crippen LogP contribution >= 0.6 is 0 Å². The molecule has 1 saturated carbocycles. The fraction of sp³-hybridized carbons (Fsp3) is 0.667. The van der Waals surface area contributed by atoms with Crippen molar-refractivity contribution < 1.29 is 9.59 Å². The average Bonchev–Trinajstić information content (AvgIpc) is 3.51. The SMILES string of the molecule is CCC(C)c1ccccc1N1CC(C(=O)N2CCC(NCC3CC3)CC2)CC1=O. The van der Waals surface area contributed by atoms with Crippen LogP contribution in [0.1, 0.15) is 63.9 Å². The maximum Gasteiger partial charge on any atom is 0.228 e. The van der Waals surface area contributed by atoms with Gasteiger partial charge in [0.2, 0.25) is 11.8 Å². The number of piperidine rings is 1. The van der Waals surface area contributed by atoms with Gasteiger partial charge in [0.25, 0.3) is 0 Å². The molecule has 2 unspecified atom stereocenters. The van der Waals surface area contributed by atoms with Crippen molar-refractivity contribution in [2.24, 2.45) is 11.8 Å². The maximum atomic E-state index is 13.1. The van der Waals surface area contributed by atoms with Crippen molar-refractivity contribution in [3.8, 4) is 0 Å². The predicted octanol–water partition coefficient (Wildman–Crippen LogP) is 3.54. The summed E-state index contributed by atoms with van der Waals surface area (Å²) in [5, 5.41) is 3.67. The standard InChI is InChI=1S/C24H35N3O2/c1-3-17(2)21-6-4-5-7-22(21)27-16-19(14-23(27)28)24(29)26-12-10-20(11-13-26)25-15-18-8-9-18/h4-7,17-20,25H,3,8-16H2,1-2H3. The van der Waals surface area contributed by atoms with Crippen LogP contribution in [0.3, 0.4) is 0 Å². The van der Waals surface area contributed by atoms with Crippen molar-refractivity contribution in [3.63, 3.8) is 0 Å². The first-order valence-corrected chi connectivity index (χ1v) is 11.5. The zero-order valence-corrected chi connectivity index (χ0v) is 17.9. The number of benzene rings is 1. The van der Waals surface area contributed by atoms with Crippen LogP contribution in [0.15, 0.2) is 24.3 Å². The summed E-state index contributed by atoms with van der Waals surface area (Å²) in [5.74, 6) is 1.34. The smallest absolute Gasteiger partial charge is 0.228 e. The zero-order chi connectivity index (χ0) is 20.4. The molecule has 0 radical (unpaired) electrons. The molecule has 1 aromatic rings. The van der Waals surface area contributed by atoms with Crippen LogP contribution in [0.5, 0.6) is 0 Å². The van der Waals surface area contributed by atoms with Crippen molar-refractivity contribution in [2.75, 3.05) is 31.1 Å². The Morgan fingerprint density at radius 3 is 2.59 bits per heavy atom. The first-order valence-electron chi connectivity index (χ1n) is 11.5. The van der Waals surface area contributed by atoms with E-state index in [-0.39, 0.29) is 17.7 Å². The largest absolute Gasteiger partial charge is 0.342 e. The molecule has 29 heavy (non-hydrogen) atoms. The minimum atomic E-state index is -0.205. The van der Waals surface area contributed by atoms with Crippen molar-refractivity contribution in [2.45, 2.75) is 64.3 Å². The topological polar surface area (TPSA) is 52.7 Å². The van der Waals surface area contributed by atoms with Crippen LogP contribution in [-0.4, -0.2) is 48.9 Å². The third kappa shape index (κ3) is 4.66. The predicted molar refractivity (Wildman–Crippen MR) is 116 cm³/mol. The third-order valence-electron chi connectivity index (χ3n) is 7.04. The summed E-state index contributed by atoms with van der Waals surface area (Å²) in [7, 11) is 0. The molecule has 2 amide bonds. The fourth-order valence-corrected chi connectivity index (χ4v) is 4.69. The average molecular weight is 398 g/mol. The van der Waals surface area contributed by atoms with Crippen molar-refractivity contribution in [1.29, 1.82) is 0 Å². The van der Waals surface area contributed by atoms with E-state index in [9.17, 15) is 9.59 Å². The van der Waals surface area contributed by atoms with Crippen LogP contribution in [0.4, 0.5) is 5.69 Å². The van der Waals surface area contributed by atoms with E-state index in [1.807, 2.05) is 28.0 Å². The fourth-order valence-electron chi connectivity index (χ4n) is 4.69. The molecular weight excluding hydrogens is 362 g/mol. The lowest BCUT2D eigenvalue weighted by atomic mass is 9.96. The second kappa shape index (κ2) is 8.86. The highest BCUT2D eigenvalue weighted by molar-refractivity contribution is 6.00. The molecule has 2 aliphatic heterocycles. The van der Waals surface area contributed by atoms with Gasteiger partial charge in [-0.3, -0.25) is 9.59 Å². The van der Waals surface area contributed by atoms with Gasteiger partial charge in [-0.2, -0.15) is 0 Å². The summed E-state index contributed by atoms with van der Waals surface area (Å²) in [6.45, 7) is 7.65. The van der Waals surface area contributed by atoms with Crippen molar-refractivity contribution in [3.05, 3.63) is 29.8 Å². The second-order valence-electron chi connectivity index (χ2n) is 9.22. The van der Waals surface area contributed by atoms with Crippen LogP contribution < -0.4 is 10.2 Å². The lowest BCUT2D eigenvalue weighted by Crippen LogP contribution is -2.47. The van der Waals surface area contributed by atoms with Gasteiger partial charge in [-0.05, 0) is 62.1 Å². The first kappa shape index (κ1) is 20.4. The van der Waals surface area contributed by atoms with E-state index in [1.54, 1.807) is 0 Å². The number of anilines is 1. The molecule has 0 aromatic heterocycles. The van der Waals surface area contributed by atoms with Gasteiger partial charge in [0.1, 0.15) is 0 Å². The monoisotopic (exact) mass is 397 g/mol. The molecule has 158 valence electrons. The molecule has 1 aliphatic carbocycles. The van der Waals surface area contributed by atoms with E-state index in [1.165, 1.54) is 18.4 Å². The Kier molecular flexibility index (Phi) is 6.23. The molecule has 5 heteroatoms. The number of carbonyl (C=O) groups excluding carboxylic acids is 2. The van der Waals surface area contributed by atoms with Gasteiger partial charge in [0.15, 0.2) is 0 Å². The van der Waals surface area contributed by atoms with E-state index >= 15 is 0 Å². The van der Waals surface area contributed by atoms with Gasteiger partial charge in [0.05, 0.1) is 5.92 Å². The number of nitrogens with zero attached hydrogens (tertiary/aromatic N) is 2. The second-order valence-corrected chi connectivity index (χ2v) is 9.22. The molecule has 3 fully saturated rings. The number of hydrogen-bond acceptors (Lipinski definition) is 3. The van der Waals surface area contributed by atoms with Crippen LogP contribution in [0.25, 0.3) is 0 Å². The van der Waals surface area contributed by atoms with Gasteiger partial charge >= 0.3 is 0 Å². The Hall–Kier alpha value is -1.88. The number of para-hydroxylation sites is 1. The number of carbonyl (C=O) groups is 2. The molecule has 3 aliphatic rings. The molecule has 1 aromatic carbocycles. The van der Waals surface area contributed by atoms with Crippen LogP contribution in [-0.2, 0) is 9.59 Å². The van der Waals surface area contributed by atoms with Gasteiger partial charge < -0.3 is 15.1 Å². The quantitative estimate of drug-likeness (QED) is 0.766. The Bertz CT molecular complexity index is 737. The number of hydrogen-bond donors (Lipinski definition) is 1. The summed E-state index contributed by atoms with van der Waals surface area (Å²) in [4.78, 5) is 29.7. The van der Waals surface area contributed by atoms with Gasteiger partial charge in [-0.15, -0.1) is 0 Å². The highest BCUT2D eigenvalue weighted by atomic mass is 16.2. The van der Waals surface area contributed by atoms with E-state index in [4.69, 9.17) is 0 Å². The molecule has 2 atom stereocenters. The minimum absolute atomic E-state index is 0.0834. The molecule has 5 nitrogen and oxygen atoms in total.